The molecule has 1 aliphatic rings. The van der Waals surface area contributed by atoms with Gasteiger partial charge in [-0.15, -0.1) is 0 Å². The molecule has 0 saturated heterocycles. The van der Waals surface area contributed by atoms with Crippen molar-refractivity contribution >= 4 is 21.4 Å². The van der Waals surface area contributed by atoms with Gasteiger partial charge in [-0.05, 0) is 37.0 Å². The van der Waals surface area contributed by atoms with E-state index in [1.807, 2.05) is 0 Å². The van der Waals surface area contributed by atoms with E-state index in [4.69, 9.17) is 15.6 Å². The number of ether oxygens (including phenoxy) is 1. The zero-order valence-electron chi connectivity index (χ0n) is 10.6. The van der Waals surface area contributed by atoms with Crippen LogP contribution >= 0.6 is 0 Å². The molecular weight excluding hydrogens is 266 g/mol. The highest BCUT2D eigenvalue weighted by molar-refractivity contribution is 7.89. The van der Waals surface area contributed by atoms with E-state index in [1.54, 1.807) is 6.07 Å². The van der Waals surface area contributed by atoms with Crippen molar-refractivity contribution < 1.29 is 13.2 Å². The molecule has 0 radical (unpaired) electrons. The molecule has 0 aromatic heterocycles. The zero-order valence-corrected chi connectivity index (χ0v) is 11.4. The zero-order chi connectivity index (χ0) is 13.9. The smallest absolute Gasteiger partial charge is 0.238 e. The summed E-state index contributed by atoms with van der Waals surface area (Å²) < 4.78 is 28.0. The molecule has 1 fully saturated rings. The van der Waals surface area contributed by atoms with Gasteiger partial charge in [0.2, 0.25) is 10.0 Å². The van der Waals surface area contributed by atoms with Crippen LogP contribution in [0, 0.1) is 5.92 Å². The third-order valence-corrected chi connectivity index (χ3v) is 3.78. The molecule has 0 unspecified atom stereocenters. The Hall–Kier alpha value is -1.31. The Labute approximate surface area is 113 Å². The van der Waals surface area contributed by atoms with Crippen molar-refractivity contribution in [3.8, 4) is 0 Å². The van der Waals surface area contributed by atoms with E-state index < -0.39 is 10.0 Å². The van der Waals surface area contributed by atoms with Crippen LogP contribution in [-0.4, -0.2) is 28.2 Å². The Morgan fingerprint density at radius 3 is 2.68 bits per heavy atom. The Bertz CT molecular complexity index is 541. The van der Waals surface area contributed by atoms with Gasteiger partial charge in [0.1, 0.15) is 0 Å². The minimum atomic E-state index is -3.74. The maximum atomic E-state index is 11.3. The minimum absolute atomic E-state index is 0.00824. The number of nitrogens with one attached hydrogen (secondary N) is 1. The van der Waals surface area contributed by atoms with Crippen LogP contribution < -0.4 is 16.2 Å². The van der Waals surface area contributed by atoms with Crippen molar-refractivity contribution in [2.75, 3.05) is 30.8 Å². The van der Waals surface area contributed by atoms with Gasteiger partial charge in [-0.1, -0.05) is 0 Å². The Morgan fingerprint density at radius 1 is 1.32 bits per heavy atom. The fourth-order valence-electron chi connectivity index (χ4n) is 1.69. The van der Waals surface area contributed by atoms with Crippen molar-refractivity contribution in [3.63, 3.8) is 0 Å². The summed E-state index contributed by atoms with van der Waals surface area (Å²) in [6.45, 7) is 1.98. The number of benzene rings is 1. The van der Waals surface area contributed by atoms with Crippen molar-refractivity contribution in [2.45, 2.75) is 17.7 Å². The maximum Gasteiger partial charge on any atom is 0.238 e. The number of hydrogen-bond donors (Lipinski definition) is 3. The molecule has 0 aliphatic heterocycles. The van der Waals surface area contributed by atoms with E-state index in [9.17, 15) is 8.42 Å². The monoisotopic (exact) mass is 285 g/mol. The van der Waals surface area contributed by atoms with Crippen LogP contribution in [0.1, 0.15) is 12.8 Å². The van der Waals surface area contributed by atoms with Crippen LogP contribution in [0.3, 0.4) is 0 Å². The van der Waals surface area contributed by atoms with E-state index in [1.165, 1.54) is 25.0 Å². The molecule has 19 heavy (non-hydrogen) atoms. The molecule has 0 amide bonds. The Morgan fingerprint density at radius 2 is 2.05 bits per heavy atom. The minimum Gasteiger partial charge on any atom is -0.399 e. The van der Waals surface area contributed by atoms with Gasteiger partial charge in [-0.25, -0.2) is 13.6 Å². The molecule has 5 N–H and O–H groups in total. The van der Waals surface area contributed by atoms with Crippen LogP contribution in [0.25, 0.3) is 0 Å². The summed E-state index contributed by atoms with van der Waals surface area (Å²) in [5, 5.41) is 8.14. The van der Waals surface area contributed by atoms with Gasteiger partial charge in [0.25, 0.3) is 0 Å². The first-order valence-corrected chi connectivity index (χ1v) is 7.75. The quantitative estimate of drug-likeness (QED) is 0.506. The highest BCUT2D eigenvalue weighted by Crippen LogP contribution is 2.28. The van der Waals surface area contributed by atoms with Gasteiger partial charge >= 0.3 is 0 Å². The van der Waals surface area contributed by atoms with Crippen molar-refractivity contribution in [2.24, 2.45) is 11.1 Å². The second kappa shape index (κ2) is 5.77. The van der Waals surface area contributed by atoms with Gasteiger partial charge in [0.05, 0.1) is 11.5 Å². The predicted octanol–water partition coefficient (Wildman–Crippen LogP) is 0.755. The molecule has 1 saturated carbocycles. The second-order valence-corrected chi connectivity index (χ2v) is 6.34. The summed E-state index contributed by atoms with van der Waals surface area (Å²) in [6.07, 6.45) is 2.53. The van der Waals surface area contributed by atoms with E-state index >= 15 is 0 Å². The Balaban J connectivity index is 1.86. The first-order valence-electron chi connectivity index (χ1n) is 6.20. The third-order valence-electron chi connectivity index (χ3n) is 2.88. The van der Waals surface area contributed by atoms with Gasteiger partial charge in [0.15, 0.2) is 0 Å². The van der Waals surface area contributed by atoms with Crippen LogP contribution in [0.5, 0.6) is 0 Å². The van der Waals surface area contributed by atoms with Crippen molar-refractivity contribution in [1.29, 1.82) is 0 Å². The number of hydrogen-bond acceptors (Lipinski definition) is 5. The fraction of sp³-hybridized carbons (Fsp3) is 0.500. The molecule has 0 bridgehead atoms. The predicted molar refractivity (Wildman–Crippen MR) is 74.3 cm³/mol. The number of nitrogen functional groups attached to an aromatic ring is 1. The number of primary sulfonamides is 1. The number of nitrogens with two attached hydrogens (primary N) is 2. The van der Waals surface area contributed by atoms with Crippen molar-refractivity contribution in [3.05, 3.63) is 18.2 Å². The number of rotatable bonds is 7. The highest BCUT2D eigenvalue weighted by Gasteiger charge is 2.20. The molecule has 0 atom stereocenters. The summed E-state index contributed by atoms with van der Waals surface area (Å²) in [5.41, 5.74) is 6.62. The van der Waals surface area contributed by atoms with E-state index in [0.717, 1.165) is 12.5 Å². The van der Waals surface area contributed by atoms with E-state index in [2.05, 4.69) is 5.32 Å². The summed E-state index contributed by atoms with van der Waals surface area (Å²) in [7, 11) is -3.74. The number of anilines is 2. The molecular formula is C12H19N3O3S. The lowest BCUT2D eigenvalue weighted by molar-refractivity contribution is 0.134. The fourth-order valence-corrected chi connectivity index (χ4v) is 2.28. The first kappa shape index (κ1) is 14.1. The summed E-state index contributed by atoms with van der Waals surface area (Å²) in [4.78, 5) is 0.00824. The maximum absolute atomic E-state index is 11.3. The van der Waals surface area contributed by atoms with Gasteiger partial charge in [-0.3, -0.25) is 0 Å². The van der Waals surface area contributed by atoms with E-state index in [-0.39, 0.29) is 4.90 Å². The van der Waals surface area contributed by atoms with Crippen LogP contribution in [0.15, 0.2) is 23.1 Å². The standard InChI is InChI=1S/C12H19N3O3S/c13-10-5-11(7-12(6-10)19(14,16)17)15-3-4-18-8-9-1-2-9/h5-7,9,15H,1-4,8,13H2,(H2,14,16,17). The Kier molecular flexibility index (Phi) is 4.28. The normalized spacial score (nSPS) is 15.4. The number of sulfonamides is 1. The third kappa shape index (κ3) is 4.70. The average Bonchev–Trinajstić information content (AvgIpc) is 3.10. The second-order valence-electron chi connectivity index (χ2n) is 4.78. The van der Waals surface area contributed by atoms with Crippen LogP contribution in [0.4, 0.5) is 11.4 Å². The topological polar surface area (TPSA) is 107 Å². The summed E-state index contributed by atoms with van der Waals surface area (Å²) in [6, 6.07) is 4.46. The highest BCUT2D eigenvalue weighted by atomic mass is 32.2. The molecule has 7 heteroatoms. The lowest BCUT2D eigenvalue weighted by Gasteiger charge is -2.09. The lowest BCUT2D eigenvalue weighted by Crippen LogP contribution is -2.14. The lowest BCUT2D eigenvalue weighted by atomic mass is 10.3. The molecule has 106 valence electrons. The average molecular weight is 285 g/mol. The molecule has 0 spiro atoms. The van der Waals surface area contributed by atoms with Gasteiger partial charge in [-0.2, -0.15) is 0 Å². The molecule has 1 aliphatic carbocycles. The van der Waals surface area contributed by atoms with E-state index in [0.29, 0.717) is 24.5 Å². The molecule has 2 rings (SSSR count). The summed E-state index contributed by atoms with van der Waals surface area (Å²) >= 11 is 0. The SMILES string of the molecule is Nc1cc(NCCOCC2CC2)cc(S(N)(=O)=O)c1. The molecule has 1 aromatic carbocycles. The summed E-state index contributed by atoms with van der Waals surface area (Å²) in [5.74, 6) is 0.737. The first-order chi connectivity index (χ1) is 8.95. The van der Waals surface area contributed by atoms with Gasteiger partial charge in [0, 0.05) is 24.5 Å². The van der Waals surface area contributed by atoms with Gasteiger partial charge < -0.3 is 15.8 Å². The van der Waals surface area contributed by atoms with Crippen molar-refractivity contribution in [1.82, 2.24) is 0 Å². The largest absolute Gasteiger partial charge is 0.399 e. The van der Waals surface area contributed by atoms with Crippen LogP contribution in [-0.2, 0) is 14.8 Å². The molecule has 6 nitrogen and oxygen atoms in total. The molecule has 0 heterocycles. The van der Waals surface area contributed by atoms with Crippen LogP contribution in [0.2, 0.25) is 0 Å². The molecule has 1 aromatic rings.